The van der Waals surface area contributed by atoms with Crippen LogP contribution < -0.4 is 15.4 Å². The molecule has 0 aliphatic heterocycles. The number of nitrogens with one attached hydrogen (secondary N) is 2. The zero-order valence-electron chi connectivity index (χ0n) is 18.1. The van der Waals surface area contributed by atoms with Crippen LogP contribution in [0.4, 0.5) is 16.2 Å². The fourth-order valence-corrected chi connectivity index (χ4v) is 3.17. The van der Waals surface area contributed by atoms with E-state index in [0.29, 0.717) is 23.0 Å². The molecule has 0 atom stereocenters. The van der Waals surface area contributed by atoms with Crippen LogP contribution in [0.1, 0.15) is 26.3 Å². The van der Waals surface area contributed by atoms with Crippen LogP contribution in [0.25, 0.3) is 5.69 Å². The fraction of sp³-hybridized carbons (Fsp3) is 0.167. The van der Waals surface area contributed by atoms with Crippen molar-refractivity contribution in [2.45, 2.75) is 26.2 Å². The van der Waals surface area contributed by atoms with Gasteiger partial charge in [-0.15, -0.1) is 5.10 Å². The molecule has 8 heteroatoms. The topological polar surface area (TPSA) is 94.0 Å². The molecule has 2 aromatic heterocycles. The van der Waals surface area contributed by atoms with Crippen LogP contribution in [0, 0.1) is 0 Å². The average molecular weight is 428 g/mol. The molecular weight excluding hydrogens is 404 g/mol. The predicted octanol–water partition coefficient (Wildman–Crippen LogP) is 5.40. The zero-order chi connectivity index (χ0) is 22.6. The number of ether oxygens (including phenoxy) is 1. The molecule has 0 saturated carbocycles. The fourth-order valence-electron chi connectivity index (χ4n) is 3.17. The molecule has 0 unspecified atom stereocenters. The van der Waals surface area contributed by atoms with Crippen molar-refractivity contribution < 1.29 is 9.53 Å². The maximum Gasteiger partial charge on any atom is 0.323 e. The number of pyridine rings is 1. The molecule has 2 heterocycles. The molecule has 2 N–H and O–H groups in total. The van der Waals surface area contributed by atoms with Gasteiger partial charge in [-0.25, -0.2) is 14.5 Å². The van der Waals surface area contributed by atoms with Crippen LogP contribution in [0.15, 0.2) is 79.3 Å². The minimum absolute atomic E-state index is 0.102. The molecule has 162 valence electrons. The number of anilines is 2. The molecule has 32 heavy (non-hydrogen) atoms. The number of nitrogens with zero attached hydrogens (tertiary/aromatic N) is 4. The largest absolute Gasteiger partial charge is 0.437 e. The van der Waals surface area contributed by atoms with Gasteiger partial charge in [-0.05, 0) is 47.9 Å². The highest BCUT2D eigenvalue weighted by Crippen LogP contribution is 2.35. The van der Waals surface area contributed by atoms with Gasteiger partial charge in [-0.3, -0.25) is 0 Å². The van der Waals surface area contributed by atoms with Crippen LogP contribution in [0.5, 0.6) is 11.6 Å². The van der Waals surface area contributed by atoms with Crippen molar-refractivity contribution >= 4 is 17.4 Å². The zero-order valence-corrected chi connectivity index (χ0v) is 18.1. The van der Waals surface area contributed by atoms with Crippen molar-refractivity contribution in [3.63, 3.8) is 0 Å². The highest BCUT2D eigenvalue weighted by atomic mass is 16.5. The number of carbonyl (C=O) groups excluding carboxylic acids is 1. The second kappa shape index (κ2) is 8.89. The van der Waals surface area contributed by atoms with Crippen LogP contribution >= 0.6 is 0 Å². The van der Waals surface area contributed by atoms with Gasteiger partial charge in [0.15, 0.2) is 0 Å². The summed E-state index contributed by atoms with van der Waals surface area (Å²) in [5, 5.41) is 13.4. The van der Waals surface area contributed by atoms with E-state index in [-0.39, 0.29) is 5.41 Å². The minimum Gasteiger partial charge on any atom is -0.437 e. The third-order valence-corrected chi connectivity index (χ3v) is 4.73. The second-order valence-electron chi connectivity index (χ2n) is 8.18. The summed E-state index contributed by atoms with van der Waals surface area (Å²) in [4.78, 5) is 16.9. The van der Waals surface area contributed by atoms with Gasteiger partial charge in [0.05, 0.1) is 18.1 Å². The van der Waals surface area contributed by atoms with Gasteiger partial charge in [-0.2, -0.15) is 0 Å². The lowest BCUT2D eigenvalue weighted by Crippen LogP contribution is -2.20. The standard InChI is InChI=1S/C24H24N6O2/c1-24(2,3)19-7-4-5-9-21(19)32-22-20(8-6-14-25-22)28-23(31)27-17-10-12-18(13-11-17)30-16-15-26-29-30/h4-16H,1-3H3,(H2,27,28,31). The summed E-state index contributed by atoms with van der Waals surface area (Å²) in [6.45, 7) is 6.36. The molecule has 0 saturated heterocycles. The SMILES string of the molecule is CC(C)(C)c1ccccc1Oc1ncccc1NC(=O)Nc1ccc(-n2ccnn2)cc1. The molecule has 4 rings (SSSR count). The Hall–Kier alpha value is -4.20. The van der Waals surface area contributed by atoms with E-state index in [0.717, 1.165) is 11.3 Å². The number of amides is 2. The van der Waals surface area contributed by atoms with Crippen molar-refractivity contribution in [2.75, 3.05) is 10.6 Å². The maximum atomic E-state index is 12.6. The Balaban J connectivity index is 1.47. The summed E-state index contributed by atoms with van der Waals surface area (Å²) in [7, 11) is 0. The van der Waals surface area contributed by atoms with Crippen LogP contribution in [-0.4, -0.2) is 26.0 Å². The van der Waals surface area contributed by atoms with Crippen LogP contribution in [-0.2, 0) is 5.41 Å². The van der Waals surface area contributed by atoms with Gasteiger partial charge >= 0.3 is 6.03 Å². The lowest BCUT2D eigenvalue weighted by molar-refractivity contribution is 0.262. The summed E-state index contributed by atoms with van der Waals surface area (Å²) < 4.78 is 7.74. The number of hydrogen-bond donors (Lipinski definition) is 2. The smallest absolute Gasteiger partial charge is 0.323 e. The number of carbonyl (C=O) groups is 1. The van der Waals surface area contributed by atoms with Gasteiger partial charge in [0.1, 0.15) is 11.4 Å². The molecule has 8 nitrogen and oxygen atoms in total. The van der Waals surface area contributed by atoms with E-state index < -0.39 is 6.03 Å². The Morgan fingerprint density at radius 3 is 2.44 bits per heavy atom. The van der Waals surface area contributed by atoms with Crippen molar-refractivity contribution in [1.29, 1.82) is 0 Å². The lowest BCUT2D eigenvalue weighted by atomic mass is 9.86. The molecule has 0 radical (unpaired) electrons. The number of rotatable bonds is 5. The lowest BCUT2D eigenvalue weighted by Gasteiger charge is -2.22. The van der Waals surface area contributed by atoms with Gasteiger partial charge in [-0.1, -0.05) is 44.2 Å². The summed E-state index contributed by atoms with van der Waals surface area (Å²) >= 11 is 0. The van der Waals surface area contributed by atoms with E-state index in [9.17, 15) is 4.79 Å². The first kappa shape index (κ1) is 21.0. The Kier molecular flexibility index (Phi) is 5.85. The van der Waals surface area contributed by atoms with Crippen molar-refractivity contribution in [3.8, 4) is 17.3 Å². The van der Waals surface area contributed by atoms with Crippen LogP contribution in [0.2, 0.25) is 0 Å². The molecule has 0 spiro atoms. The Bertz CT molecular complexity index is 1200. The number of para-hydroxylation sites is 1. The molecule has 2 amide bonds. The number of hydrogen-bond acceptors (Lipinski definition) is 5. The average Bonchev–Trinajstić information content (AvgIpc) is 3.30. The summed E-state index contributed by atoms with van der Waals surface area (Å²) in [6.07, 6.45) is 4.98. The van der Waals surface area contributed by atoms with Gasteiger partial charge in [0.2, 0.25) is 5.88 Å². The summed E-state index contributed by atoms with van der Waals surface area (Å²) in [5.74, 6) is 1.02. The van der Waals surface area contributed by atoms with Crippen molar-refractivity contribution in [3.05, 3.63) is 84.8 Å². The Morgan fingerprint density at radius 1 is 0.938 bits per heavy atom. The summed E-state index contributed by atoms with van der Waals surface area (Å²) in [6, 6.07) is 18.2. The third kappa shape index (κ3) is 4.92. The first-order valence-electron chi connectivity index (χ1n) is 10.2. The van der Waals surface area contributed by atoms with Crippen LogP contribution in [0.3, 0.4) is 0 Å². The summed E-state index contributed by atoms with van der Waals surface area (Å²) in [5.41, 5.74) is 2.89. The molecule has 0 aliphatic carbocycles. The number of aromatic nitrogens is 4. The highest BCUT2D eigenvalue weighted by Gasteiger charge is 2.20. The Morgan fingerprint density at radius 2 is 1.72 bits per heavy atom. The monoisotopic (exact) mass is 428 g/mol. The number of urea groups is 1. The minimum atomic E-state index is -0.402. The van der Waals surface area contributed by atoms with E-state index in [1.54, 1.807) is 47.5 Å². The van der Waals surface area contributed by atoms with Crippen molar-refractivity contribution in [1.82, 2.24) is 20.0 Å². The first-order valence-corrected chi connectivity index (χ1v) is 10.2. The van der Waals surface area contributed by atoms with E-state index >= 15 is 0 Å². The normalized spacial score (nSPS) is 11.1. The quantitative estimate of drug-likeness (QED) is 0.444. The molecular formula is C24H24N6O2. The predicted molar refractivity (Wildman–Crippen MR) is 123 cm³/mol. The molecule has 2 aromatic carbocycles. The molecule has 0 bridgehead atoms. The molecule has 4 aromatic rings. The van der Waals surface area contributed by atoms with E-state index in [4.69, 9.17) is 4.74 Å². The molecule has 0 fully saturated rings. The highest BCUT2D eigenvalue weighted by molar-refractivity contribution is 6.00. The van der Waals surface area contributed by atoms with E-state index in [1.165, 1.54) is 0 Å². The maximum absolute atomic E-state index is 12.6. The molecule has 0 aliphatic rings. The first-order chi connectivity index (χ1) is 15.4. The third-order valence-electron chi connectivity index (χ3n) is 4.73. The number of benzene rings is 2. The van der Waals surface area contributed by atoms with Gasteiger partial charge in [0.25, 0.3) is 0 Å². The van der Waals surface area contributed by atoms with E-state index in [1.807, 2.05) is 36.4 Å². The Labute approximate surface area is 186 Å². The van der Waals surface area contributed by atoms with Gasteiger partial charge in [0, 0.05) is 17.4 Å². The van der Waals surface area contributed by atoms with Crippen molar-refractivity contribution in [2.24, 2.45) is 0 Å². The van der Waals surface area contributed by atoms with Gasteiger partial charge < -0.3 is 15.4 Å². The second-order valence-corrected chi connectivity index (χ2v) is 8.18. The van der Waals surface area contributed by atoms with E-state index in [2.05, 4.69) is 46.7 Å².